The van der Waals surface area contributed by atoms with Crippen LogP contribution in [0.15, 0.2) is 36.7 Å². The van der Waals surface area contributed by atoms with Crippen molar-refractivity contribution >= 4 is 23.5 Å². The first-order valence-electron chi connectivity index (χ1n) is 7.83. The lowest BCUT2D eigenvalue weighted by Gasteiger charge is -2.32. The van der Waals surface area contributed by atoms with Gasteiger partial charge in [-0.25, -0.2) is 4.79 Å². The number of benzene rings is 1. The van der Waals surface area contributed by atoms with Gasteiger partial charge < -0.3 is 10.0 Å². The van der Waals surface area contributed by atoms with Crippen LogP contribution in [-0.4, -0.2) is 44.8 Å². The Kier molecular flexibility index (Phi) is 4.85. The van der Waals surface area contributed by atoms with Crippen LogP contribution in [0.5, 0.6) is 0 Å². The van der Waals surface area contributed by atoms with Crippen molar-refractivity contribution in [3.63, 3.8) is 0 Å². The third kappa shape index (κ3) is 3.59. The van der Waals surface area contributed by atoms with E-state index in [-0.39, 0.29) is 17.5 Å². The minimum atomic E-state index is -0.978. The molecule has 1 fully saturated rings. The van der Waals surface area contributed by atoms with Gasteiger partial charge in [-0.3, -0.25) is 9.48 Å². The summed E-state index contributed by atoms with van der Waals surface area (Å²) in [7, 11) is 0. The normalized spacial score (nSPS) is 15.5. The van der Waals surface area contributed by atoms with Crippen LogP contribution in [0, 0.1) is 0 Å². The number of aromatic nitrogens is 2. The molecule has 1 aromatic carbocycles. The lowest BCUT2D eigenvalue weighted by molar-refractivity contribution is -0.131. The van der Waals surface area contributed by atoms with E-state index in [2.05, 4.69) is 5.10 Å². The Balaban J connectivity index is 1.57. The Bertz CT molecular complexity index is 751. The highest BCUT2D eigenvalue weighted by Crippen LogP contribution is 2.23. The summed E-state index contributed by atoms with van der Waals surface area (Å²) in [6.07, 6.45) is 4.73. The molecule has 0 radical (unpaired) electrons. The van der Waals surface area contributed by atoms with E-state index >= 15 is 0 Å². The molecule has 2 heterocycles. The first kappa shape index (κ1) is 16.5. The molecular weight excluding hydrogens is 330 g/mol. The summed E-state index contributed by atoms with van der Waals surface area (Å²) < 4.78 is 1.69. The number of carboxylic acids is 1. The molecule has 0 atom stereocenters. The van der Waals surface area contributed by atoms with Crippen molar-refractivity contribution in [3.8, 4) is 0 Å². The molecule has 126 valence electrons. The van der Waals surface area contributed by atoms with Crippen LogP contribution in [0.25, 0.3) is 0 Å². The van der Waals surface area contributed by atoms with Crippen molar-refractivity contribution in [1.82, 2.24) is 14.7 Å². The molecule has 6 nitrogen and oxygen atoms in total. The number of piperidine rings is 1. The second-order valence-corrected chi connectivity index (χ2v) is 6.30. The molecule has 3 rings (SSSR count). The van der Waals surface area contributed by atoms with Crippen LogP contribution >= 0.6 is 11.6 Å². The van der Waals surface area contributed by atoms with Crippen LogP contribution < -0.4 is 0 Å². The van der Waals surface area contributed by atoms with Gasteiger partial charge in [0.25, 0.3) is 0 Å². The van der Waals surface area contributed by atoms with Gasteiger partial charge in [-0.1, -0.05) is 29.8 Å². The topological polar surface area (TPSA) is 75.4 Å². The van der Waals surface area contributed by atoms with Gasteiger partial charge in [0, 0.05) is 24.3 Å². The maximum absolute atomic E-state index is 12.4. The summed E-state index contributed by atoms with van der Waals surface area (Å²) in [5.74, 6) is -0.915. The van der Waals surface area contributed by atoms with Crippen LogP contribution in [0.3, 0.4) is 0 Å². The average molecular weight is 348 g/mol. The molecule has 1 amide bonds. The number of amides is 1. The third-order valence-corrected chi connectivity index (χ3v) is 4.71. The number of hydrogen-bond acceptors (Lipinski definition) is 3. The van der Waals surface area contributed by atoms with Gasteiger partial charge in [0.05, 0.1) is 24.2 Å². The predicted molar refractivity (Wildman–Crippen MR) is 89.2 cm³/mol. The molecule has 7 heteroatoms. The van der Waals surface area contributed by atoms with Gasteiger partial charge in [-0.15, -0.1) is 0 Å². The number of rotatable bonds is 4. The number of carboxylic acid groups (broad SMARTS) is 1. The summed E-state index contributed by atoms with van der Waals surface area (Å²) in [4.78, 5) is 25.2. The Morgan fingerprint density at radius 3 is 2.58 bits per heavy atom. The van der Waals surface area contributed by atoms with Crippen molar-refractivity contribution in [2.75, 3.05) is 13.1 Å². The number of likely N-dealkylation sites (tertiary alicyclic amines) is 1. The van der Waals surface area contributed by atoms with Crippen LogP contribution in [0.2, 0.25) is 5.02 Å². The first-order chi connectivity index (χ1) is 11.5. The van der Waals surface area contributed by atoms with E-state index in [4.69, 9.17) is 16.7 Å². The molecule has 0 bridgehead atoms. The molecule has 0 unspecified atom stereocenters. The Morgan fingerprint density at radius 1 is 1.25 bits per heavy atom. The number of carbonyl (C=O) groups is 2. The standard InChI is InChI=1S/C17H18ClN3O3/c18-15-4-2-1-3-12(15)9-16(22)20-7-5-14(6-8-20)21-11-13(10-19-21)17(23)24/h1-4,10-11,14H,5-9H2,(H,23,24). The van der Waals surface area contributed by atoms with Gasteiger partial charge >= 0.3 is 5.97 Å². The lowest BCUT2D eigenvalue weighted by atomic mass is 10.0. The third-order valence-electron chi connectivity index (χ3n) is 4.34. The highest BCUT2D eigenvalue weighted by molar-refractivity contribution is 6.31. The minimum Gasteiger partial charge on any atom is -0.478 e. The highest BCUT2D eigenvalue weighted by atomic mass is 35.5. The van der Waals surface area contributed by atoms with E-state index in [1.807, 2.05) is 23.1 Å². The van der Waals surface area contributed by atoms with Gasteiger partial charge in [0.1, 0.15) is 0 Å². The fraction of sp³-hybridized carbons (Fsp3) is 0.353. The molecule has 24 heavy (non-hydrogen) atoms. The van der Waals surface area contributed by atoms with Crippen LogP contribution in [0.4, 0.5) is 0 Å². The first-order valence-corrected chi connectivity index (χ1v) is 8.21. The maximum Gasteiger partial charge on any atom is 0.338 e. The van der Waals surface area contributed by atoms with Crippen molar-refractivity contribution < 1.29 is 14.7 Å². The monoisotopic (exact) mass is 347 g/mol. The Labute approximate surface area is 144 Å². The summed E-state index contributed by atoms with van der Waals surface area (Å²) in [6, 6.07) is 7.50. The minimum absolute atomic E-state index is 0.0632. The molecule has 0 saturated carbocycles. The van der Waals surface area contributed by atoms with Crippen LogP contribution in [-0.2, 0) is 11.2 Å². The zero-order valence-corrected chi connectivity index (χ0v) is 13.8. The van der Waals surface area contributed by atoms with Gasteiger partial charge in [-0.2, -0.15) is 5.10 Å². The molecular formula is C17H18ClN3O3. The van der Waals surface area contributed by atoms with E-state index in [1.165, 1.54) is 6.20 Å². The number of carbonyl (C=O) groups excluding carboxylic acids is 1. The molecule has 2 aromatic rings. The molecule has 1 aliphatic rings. The lowest BCUT2D eigenvalue weighted by Crippen LogP contribution is -2.40. The summed E-state index contributed by atoms with van der Waals surface area (Å²) in [5, 5.41) is 13.7. The zero-order valence-electron chi connectivity index (χ0n) is 13.1. The van der Waals surface area contributed by atoms with E-state index in [9.17, 15) is 9.59 Å². The van der Waals surface area contributed by atoms with Crippen molar-refractivity contribution in [2.45, 2.75) is 25.3 Å². The summed E-state index contributed by atoms with van der Waals surface area (Å²) in [6.45, 7) is 1.27. The molecule has 1 N–H and O–H groups in total. The molecule has 0 spiro atoms. The number of aromatic carboxylic acids is 1. The fourth-order valence-electron chi connectivity index (χ4n) is 2.94. The number of halogens is 1. The van der Waals surface area contributed by atoms with E-state index in [1.54, 1.807) is 16.9 Å². The van der Waals surface area contributed by atoms with Crippen molar-refractivity contribution in [3.05, 3.63) is 52.8 Å². The Hall–Kier alpha value is -2.34. The highest BCUT2D eigenvalue weighted by Gasteiger charge is 2.25. The van der Waals surface area contributed by atoms with Gasteiger partial charge in [0.2, 0.25) is 5.91 Å². The molecule has 0 aliphatic carbocycles. The van der Waals surface area contributed by atoms with Crippen LogP contribution in [0.1, 0.15) is 34.8 Å². The quantitative estimate of drug-likeness (QED) is 0.922. The maximum atomic E-state index is 12.4. The summed E-state index contributed by atoms with van der Waals surface area (Å²) in [5.41, 5.74) is 1.02. The largest absolute Gasteiger partial charge is 0.478 e. The van der Waals surface area contributed by atoms with E-state index in [0.29, 0.717) is 24.5 Å². The molecule has 1 aliphatic heterocycles. The number of nitrogens with zero attached hydrogens (tertiary/aromatic N) is 3. The van der Waals surface area contributed by atoms with Gasteiger partial charge in [0.15, 0.2) is 0 Å². The average Bonchev–Trinajstić information content (AvgIpc) is 3.07. The van der Waals surface area contributed by atoms with E-state index in [0.717, 1.165) is 18.4 Å². The molecule has 1 aromatic heterocycles. The SMILES string of the molecule is O=C(O)c1cnn(C2CCN(C(=O)Cc3ccccc3Cl)CC2)c1. The van der Waals surface area contributed by atoms with Gasteiger partial charge in [-0.05, 0) is 24.5 Å². The van der Waals surface area contributed by atoms with Crippen molar-refractivity contribution in [1.29, 1.82) is 0 Å². The molecule has 1 saturated heterocycles. The number of hydrogen-bond donors (Lipinski definition) is 1. The van der Waals surface area contributed by atoms with E-state index < -0.39 is 5.97 Å². The second-order valence-electron chi connectivity index (χ2n) is 5.89. The smallest absolute Gasteiger partial charge is 0.338 e. The predicted octanol–water partition coefficient (Wildman–Crippen LogP) is 2.64. The van der Waals surface area contributed by atoms with Crippen molar-refractivity contribution in [2.24, 2.45) is 0 Å². The zero-order chi connectivity index (χ0) is 17.1. The second kappa shape index (κ2) is 7.05. The summed E-state index contributed by atoms with van der Waals surface area (Å²) >= 11 is 6.11. The fourth-order valence-corrected chi connectivity index (χ4v) is 3.15. The Morgan fingerprint density at radius 2 is 1.96 bits per heavy atom.